The van der Waals surface area contributed by atoms with Crippen LogP contribution in [0.1, 0.15) is 18.0 Å². The fourth-order valence-corrected chi connectivity index (χ4v) is 1.40. The van der Waals surface area contributed by atoms with Gasteiger partial charge in [0.05, 0.1) is 6.20 Å². The molecule has 7 heteroatoms. The minimum atomic E-state index is -1.12. The lowest BCUT2D eigenvalue weighted by atomic mass is 10.1. The van der Waals surface area contributed by atoms with Crippen LogP contribution in [0.3, 0.4) is 0 Å². The first kappa shape index (κ1) is 13.9. The van der Waals surface area contributed by atoms with E-state index in [4.69, 9.17) is 10.8 Å². The van der Waals surface area contributed by atoms with Crippen LogP contribution in [0.15, 0.2) is 25.0 Å². The third-order valence-electron chi connectivity index (χ3n) is 2.38. The van der Waals surface area contributed by atoms with Crippen LogP contribution < -0.4 is 11.1 Å². The molecule has 0 aromatic carbocycles. The summed E-state index contributed by atoms with van der Waals surface area (Å²) in [6, 6.07) is -1.96. The first-order chi connectivity index (χ1) is 8.45. The number of carboxylic acids is 1. The van der Waals surface area contributed by atoms with E-state index < -0.39 is 24.0 Å². The lowest BCUT2D eigenvalue weighted by molar-refractivity contribution is -0.141. The van der Waals surface area contributed by atoms with Crippen molar-refractivity contribution in [1.29, 1.82) is 0 Å². The smallest absolute Gasteiger partial charge is 0.326 e. The second-order valence-corrected chi connectivity index (χ2v) is 3.85. The number of aliphatic carboxylic acids is 1. The molecule has 1 heterocycles. The van der Waals surface area contributed by atoms with Crippen LogP contribution in [0.4, 0.5) is 0 Å². The third kappa shape index (κ3) is 3.42. The van der Waals surface area contributed by atoms with Gasteiger partial charge in [-0.05, 0) is 6.42 Å². The molecule has 2 unspecified atom stereocenters. The Morgan fingerprint density at radius 2 is 2.39 bits per heavy atom. The molecule has 0 radical (unpaired) electrons. The number of nitrogens with one attached hydrogen (secondary N) is 1. The van der Waals surface area contributed by atoms with Gasteiger partial charge in [0, 0.05) is 18.8 Å². The second kappa shape index (κ2) is 5.97. The monoisotopic (exact) mass is 252 g/mol. The van der Waals surface area contributed by atoms with Crippen molar-refractivity contribution in [2.45, 2.75) is 18.5 Å². The Kier molecular flexibility index (Phi) is 4.61. The molecular formula is C11H16N4O3. The van der Waals surface area contributed by atoms with Crippen LogP contribution in [0.25, 0.3) is 0 Å². The molecule has 1 aromatic heterocycles. The maximum atomic E-state index is 11.8. The van der Waals surface area contributed by atoms with Gasteiger partial charge in [-0.15, -0.1) is 6.58 Å². The van der Waals surface area contributed by atoms with E-state index in [-0.39, 0.29) is 6.42 Å². The lowest BCUT2D eigenvalue weighted by Gasteiger charge is -2.15. The molecule has 4 N–H and O–H groups in total. The van der Waals surface area contributed by atoms with E-state index in [1.54, 1.807) is 13.2 Å². The predicted molar refractivity (Wildman–Crippen MR) is 64.5 cm³/mol. The number of carboxylic acid groups (broad SMARTS) is 1. The highest BCUT2D eigenvalue weighted by Crippen LogP contribution is 2.09. The van der Waals surface area contributed by atoms with Gasteiger partial charge in [0.2, 0.25) is 5.91 Å². The Morgan fingerprint density at radius 1 is 1.72 bits per heavy atom. The average Bonchev–Trinajstić information content (AvgIpc) is 2.74. The minimum Gasteiger partial charge on any atom is -0.480 e. The van der Waals surface area contributed by atoms with Crippen LogP contribution in [0.2, 0.25) is 0 Å². The summed E-state index contributed by atoms with van der Waals surface area (Å²) < 4.78 is 1.51. The van der Waals surface area contributed by atoms with Gasteiger partial charge >= 0.3 is 5.97 Å². The number of aryl methyl sites for hydroxylation is 1. The van der Waals surface area contributed by atoms with Crippen LogP contribution in [-0.2, 0) is 16.6 Å². The fourth-order valence-electron chi connectivity index (χ4n) is 1.40. The van der Waals surface area contributed by atoms with Crippen molar-refractivity contribution in [2.24, 2.45) is 12.8 Å². The second-order valence-electron chi connectivity index (χ2n) is 3.85. The Balaban J connectivity index is 2.69. The molecule has 7 nitrogen and oxygen atoms in total. The maximum absolute atomic E-state index is 11.8. The Bertz CT molecular complexity index is 455. The zero-order valence-electron chi connectivity index (χ0n) is 10.0. The highest BCUT2D eigenvalue weighted by Gasteiger charge is 2.23. The first-order valence-corrected chi connectivity index (χ1v) is 5.34. The minimum absolute atomic E-state index is 0.140. The number of amides is 1. The summed E-state index contributed by atoms with van der Waals surface area (Å²) >= 11 is 0. The van der Waals surface area contributed by atoms with Gasteiger partial charge in [-0.3, -0.25) is 9.48 Å². The molecule has 0 saturated heterocycles. The van der Waals surface area contributed by atoms with Crippen LogP contribution in [-0.4, -0.2) is 32.8 Å². The lowest BCUT2D eigenvalue weighted by Crippen LogP contribution is -2.44. The third-order valence-corrected chi connectivity index (χ3v) is 2.38. The molecule has 2 atom stereocenters. The van der Waals surface area contributed by atoms with Gasteiger partial charge in [-0.1, -0.05) is 6.08 Å². The highest BCUT2D eigenvalue weighted by molar-refractivity contribution is 5.87. The van der Waals surface area contributed by atoms with Gasteiger partial charge in [0.25, 0.3) is 0 Å². The Hall–Kier alpha value is -2.15. The molecule has 0 saturated carbocycles. The van der Waals surface area contributed by atoms with Crippen LogP contribution in [0.5, 0.6) is 0 Å². The highest BCUT2D eigenvalue weighted by atomic mass is 16.4. The number of nitrogens with zero attached hydrogens (tertiary/aromatic N) is 2. The topological polar surface area (TPSA) is 110 Å². The molecule has 0 fully saturated rings. The average molecular weight is 252 g/mol. The molecule has 0 spiro atoms. The zero-order valence-corrected chi connectivity index (χ0v) is 10.0. The van der Waals surface area contributed by atoms with Gasteiger partial charge in [0.15, 0.2) is 0 Å². The van der Waals surface area contributed by atoms with Crippen molar-refractivity contribution in [3.8, 4) is 0 Å². The number of rotatable bonds is 6. The van der Waals surface area contributed by atoms with E-state index >= 15 is 0 Å². The SMILES string of the molecule is C=CCC(NC(=O)C(N)c1cnn(C)c1)C(=O)O. The molecule has 1 aromatic rings. The fraction of sp³-hybridized carbons (Fsp3) is 0.364. The van der Waals surface area contributed by atoms with Crippen LogP contribution in [0, 0.1) is 0 Å². The zero-order chi connectivity index (χ0) is 13.7. The standard InChI is InChI=1S/C11H16N4O3/c1-3-4-8(11(17)18)14-10(16)9(12)7-5-13-15(2)6-7/h3,5-6,8-9H,1,4,12H2,2H3,(H,14,16)(H,17,18). The Morgan fingerprint density at radius 3 is 2.83 bits per heavy atom. The van der Waals surface area contributed by atoms with E-state index in [0.29, 0.717) is 5.56 Å². The Labute approximate surface area is 104 Å². The molecular weight excluding hydrogens is 236 g/mol. The molecule has 1 amide bonds. The van der Waals surface area contributed by atoms with Crippen LogP contribution >= 0.6 is 0 Å². The van der Waals surface area contributed by atoms with Crippen molar-refractivity contribution in [3.63, 3.8) is 0 Å². The quantitative estimate of drug-likeness (QED) is 0.595. The van der Waals surface area contributed by atoms with E-state index in [1.807, 2.05) is 0 Å². The number of carbonyl (C=O) groups is 2. The molecule has 18 heavy (non-hydrogen) atoms. The molecule has 0 bridgehead atoms. The predicted octanol–water partition coefficient (Wildman–Crippen LogP) is -0.435. The first-order valence-electron chi connectivity index (χ1n) is 5.34. The maximum Gasteiger partial charge on any atom is 0.326 e. The van der Waals surface area contributed by atoms with Gasteiger partial charge in [-0.2, -0.15) is 5.10 Å². The van der Waals surface area contributed by atoms with E-state index in [9.17, 15) is 9.59 Å². The summed E-state index contributed by atoms with van der Waals surface area (Å²) in [6.07, 6.45) is 4.64. The van der Waals surface area contributed by atoms with Crippen molar-refractivity contribution < 1.29 is 14.7 Å². The molecule has 1 rings (SSSR count). The number of nitrogens with two attached hydrogens (primary N) is 1. The summed E-state index contributed by atoms with van der Waals surface area (Å²) in [6.45, 7) is 3.44. The number of hydrogen-bond donors (Lipinski definition) is 3. The summed E-state index contributed by atoms with van der Waals surface area (Å²) in [4.78, 5) is 22.6. The molecule has 0 aliphatic heterocycles. The number of carbonyl (C=O) groups excluding carboxylic acids is 1. The van der Waals surface area contributed by atoms with E-state index in [0.717, 1.165) is 0 Å². The van der Waals surface area contributed by atoms with Gasteiger partial charge in [-0.25, -0.2) is 4.79 Å². The van der Waals surface area contributed by atoms with Crippen molar-refractivity contribution >= 4 is 11.9 Å². The molecule has 0 aliphatic rings. The van der Waals surface area contributed by atoms with Gasteiger partial charge in [0.1, 0.15) is 12.1 Å². The number of aromatic nitrogens is 2. The molecule has 0 aliphatic carbocycles. The van der Waals surface area contributed by atoms with E-state index in [2.05, 4.69) is 17.0 Å². The van der Waals surface area contributed by atoms with Gasteiger partial charge < -0.3 is 16.2 Å². The molecule has 98 valence electrons. The van der Waals surface area contributed by atoms with Crippen molar-refractivity contribution in [1.82, 2.24) is 15.1 Å². The summed E-state index contributed by atoms with van der Waals surface area (Å²) in [5.74, 6) is -1.68. The van der Waals surface area contributed by atoms with Crippen molar-refractivity contribution in [3.05, 3.63) is 30.6 Å². The number of hydrogen-bond acceptors (Lipinski definition) is 4. The summed E-state index contributed by atoms with van der Waals surface area (Å²) in [5, 5.41) is 15.1. The summed E-state index contributed by atoms with van der Waals surface area (Å²) in [5.41, 5.74) is 6.24. The normalized spacial score (nSPS) is 13.7. The van der Waals surface area contributed by atoms with Crippen molar-refractivity contribution in [2.75, 3.05) is 0 Å². The van der Waals surface area contributed by atoms with E-state index in [1.165, 1.54) is 17.0 Å². The summed E-state index contributed by atoms with van der Waals surface area (Å²) in [7, 11) is 1.70. The largest absolute Gasteiger partial charge is 0.480 e.